The van der Waals surface area contributed by atoms with Crippen LogP contribution in [-0.4, -0.2) is 11.8 Å². The molecule has 1 aliphatic heterocycles. The minimum Gasteiger partial charge on any atom is -0.370 e. The fourth-order valence-corrected chi connectivity index (χ4v) is 2.66. The fraction of sp³-hybridized carbons (Fsp3) is 0.500. The first-order valence-electron chi connectivity index (χ1n) is 7.53. The van der Waals surface area contributed by atoms with Gasteiger partial charge in [-0.1, -0.05) is 18.6 Å². The Morgan fingerprint density at radius 2 is 2.10 bits per heavy atom. The third kappa shape index (κ3) is 4.56. The van der Waals surface area contributed by atoms with Crippen molar-refractivity contribution in [2.45, 2.75) is 51.0 Å². The topological polar surface area (TPSA) is 98.2 Å². The normalized spacial score (nSPS) is 15.8. The van der Waals surface area contributed by atoms with E-state index >= 15 is 0 Å². The summed E-state index contributed by atoms with van der Waals surface area (Å²) in [7, 11) is 0. The van der Waals surface area contributed by atoms with Crippen LogP contribution < -0.4 is 16.8 Å². The molecule has 0 bridgehead atoms. The van der Waals surface area contributed by atoms with Crippen molar-refractivity contribution < 1.29 is 9.59 Å². The zero-order valence-corrected chi connectivity index (χ0v) is 12.2. The maximum Gasteiger partial charge on any atom is 0.224 e. The van der Waals surface area contributed by atoms with Gasteiger partial charge in [-0.25, -0.2) is 0 Å². The lowest BCUT2D eigenvalue weighted by atomic mass is 9.97. The second-order valence-electron chi connectivity index (χ2n) is 5.64. The lowest BCUT2D eigenvalue weighted by Gasteiger charge is -2.15. The number of benzene rings is 1. The summed E-state index contributed by atoms with van der Waals surface area (Å²) in [5.74, 6) is -0.179. The van der Waals surface area contributed by atoms with E-state index in [2.05, 4.69) is 11.4 Å². The molecule has 0 aliphatic carbocycles. The number of anilines is 1. The number of hydrogen-bond donors (Lipinski definition) is 3. The second-order valence-corrected chi connectivity index (χ2v) is 5.64. The van der Waals surface area contributed by atoms with E-state index in [-0.39, 0.29) is 17.9 Å². The van der Waals surface area contributed by atoms with Gasteiger partial charge in [0.2, 0.25) is 11.8 Å². The van der Waals surface area contributed by atoms with Crippen LogP contribution in [-0.2, 0) is 16.0 Å². The van der Waals surface area contributed by atoms with Crippen LogP contribution in [0.2, 0.25) is 0 Å². The Labute approximate surface area is 125 Å². The van der Waals surface area contributed by atoms with Crippen molar-refractivity contribution in [1.82, 2.24) is 0 Å². The summed E-state index contributed by atoms with van der Waals surface area (Å²) in [6.07, 6.45) is 5.26. The van der Waals surface area contributed by atoms with Gasteiger partial charge < -0.3 is 16.8 Å². The highest BCUT2D eigenvalue weighted by molar-refractivity contribution is 5.92. The minimum absolute atomic E-state index is 0.0397. The van der Waals surface area contributed by atoms with Gasteiger partial charge in [0.25, 0.3) is 0 Å². The standard InChI is InChI=1S/C16H23N3O2/c17-13(5-1-2-6-15(18)20)11-8-9-14-12(10-11)4-3-7-16(21)19-14/h8-10,13H,1-7,17H2,(H2,18,20)(H,19,21). The molecule has 0 spiro atoms. The molecular formula is C16H23N3O2. The van der Waals surface area contributed by atoms with Gasteiger partial charge in [-0.05, 0) is 42.9 Å². The van der Waals surface area contributed by atoms with Crippen LogP contribution in [0.1, 0.15) is 55.7 Å². The van der Waals surface area contributed by atoms with Crippen LogP contribution in [0.3, 0.4) is 0 Å². The van der Waals surface area contributed by atoms with Gasteiger partial charge in [0.05, 0.1) is 0 Å². The minimum atomic E-state index is -0.260. The number of amides is 2. The van der Waals surface area contributed by atoms with E-state index < -0.39 is 0 Å². The number of hydrogen-bond acceptors (Lipinski definition) is 3. The summed E-state index contributed by atoms with van der Waals surface area (Å²) < 4.78 is 0. The molecule has 5 nitrogen and oxygen atoms in total. The number of rotatable bonds is 6. The zero-order chi connectivity index (χ0) is 15.2. The quantitative estimate of drug-likeness (QED) is 0.698. The molecule has 1 aromatic rings. The summed E-state index contributed by atoms with van der Waals surface area (Å²) in [5, 5.41) is 2.92. The van der Waals surface area contributed by atoms with Gasteiger partial charge in [0.15, 0.2) is 0 Å². The number of nitrogens with one attached hydrogen (secondary N) is 1. The number of aryl methyl sites for hydroxylation is 1. The molecule has 1 heterocycles. The van der Waals surface area contributed by atoms with Crippen molar-refractivity contribution in [3.8, 4) is 0 Å². The van der Waals surface area contributed by atoms with Gasteiger partial charge in [-0.15, -0.1) is 0 Å². The molecule has 5 N–H and O–H groups in total. The van der Waals surface area contributed by atoms with Crippen LogP contribution in [0.5, 0.6) is 0 Å². The second kappa shape index (κ2) is 7.22. The largest absolute Gasteiger partial charge is 0.370 e. The molecule has 1 unspecified atom stereocenters. The molecule has 114 valence electrons. The zero-order valence-electron chi connectivity index (χ0n) is 12.2. The molecule has 0 aromatic heterocycles. The van der Waals surface area contributed by atoms with E-state index in [1.165, 1.54) is 0 Å². The van der Waals surface area contributed by atoms with Crippen LogP contribution >= 0.6 is 0 Å². The number of carbonyl (C=O) groups is 2. The third-order valence-corrected chi connectivity index (χ3v) is 3.87. The van der Waals surface area contributed by atoms with Gasteiger partial charge >= 0.3 is 0 Å². The van der Waals surface area contributed by atoms with Crippen LogP contribution in [0.25, 0.3) is 0 Å². The molecule has 21 heavy (non-hydrogen) atoms. The predicted molar refractivity (Wildman–Crippen MR) is 82.6 cm³/mol. The van der Waals surface area contributed by atoms with Crippen LogP contribution in [0, 0.1) is 0 Å². The summed E-state index contributed by atoms with van der Waals surface area (Å²) in [6.45, 7) is 0. The molecule has 5 heteroatoms. The number of primary amides is 1. The molecule has 2 amide bonds. The molecule has 1 aliphatic rings. The van der Waals surface area contributed by atoms with Crippen molar-refractivity contribution in [3.63, 3.8) is 0 Å². The van der Waals surface area contributed by atoms with E-state index in [1.807, 2.05) is 12.1 Å². The average Bonchev–Trinajstić information content (AvgIpc) is 2.62. The molecule has 0 saturated heterocycles. The first kappa shape index (κ1) is 15.5. The number of carbonyl (C=O) groups excluding carboxylic acids is 2. The van der Waals surface area contributed by atoms with Gasteiger partial charge in [0.1, 0.15) is 0 Å². The molecule has 2 rings (SSSR count). The monoisotopic (exact) mass is 289 g/mol. The van der Waals surface area contributed by atoms with E-state index in [9.17, 15) is 9.59 Å². The van der Waals surface area contributed by atoms with E-state index in [0.717, 1.165) is 48.9 Å². The van der Waals surface area contributed by atoms with Gasteiger partial charge in [-0.3, -0.25) is 9.59 Å². The number of unbranched alkanes of at least 4 members (excludes halogenated alkanes) is 1. The first-order chi connectivity index (χ1) is 10.1. The summed E-state index contributed by atoms with van der Waals surface area (Å²) >= 11 is 0. The fourth-order valence-electron chi connectivity index (χ4n) is 2.66. The third-order valence-electron chi connectivity index (χ3n) is 3.87. The first-order valence-corrected chi connectivity index (χ1v) is 7.53. The molecular weight excluding hydrogens is 266 g/mol. The molecule has 1 aromatic carbocycles. The highest BCUT2D eigenvalue weighted by Crippen LogP contribution is 2.26. The lowest BCUT2D eigenvalue weighted by molar-refractivity contribution is -0.118. The van der Waals surface area contributed by atoms with Gasteiger partial charge in [-0.2, -0.15) is 0 Å². The number of nitrogens with two attached hydrogens (primary N) is 2. The number of fused-ring (bicyclic) bond motifs is 1. The summed E-state index contributed by atoms with van der Waals surface area (Å²) in [4.78, 5) is 22.2. The maximum absolute atomic E-state index is 11.5. The maximum atomic E-state index is 11.5. The van der Waals surface area contributed by atoms with Crippen LogP contribution in [0.4, 0.5) is 5.69 Å². The highest BCUT2D eigenvalue weighted by Gasteiger charge is 2.15. The van der Waals surface area contributed by atoms with Crippen LogP contribution in [0.15, 0.2) is 18.2 Å². The lowest BCUT2D eigenvalue weighted by Crippen LogP contribution is -2.13. The van der Waals surface area contributed by atoms with Crippen molar-refractivity contribution >= 4 is 17.5 Å². The van der Waals surface area contributed by atoms with E-state index in [1.54, 1.807) is 0 Å². The average molecular weight is 289 g/mol. The Morgan fingerprint density at radius 3 is 2.86 bits per heavy atom. The van der Waals surface area contributed by atoms with E-state index in [0.29, 0.717) is 12.8 Å². The molecule has 0 saturated carbocycles. The Bertz CT molecular complexity index is 528. The smallest absolute Gasteiger partial charge is 0.224 e. The van der Waals surface area contributed by atoms with Crippen molar-refractivity contribution in [2.75, 3.05) is 5.32 Å². The molecule has 0 fully saturated rings. The highest BCUT2D eigenvalue weighted by atomic mass is 16.1. The van der Waals surface area contributed by atoms with Crippen molar-refractivity contribution in [3.05, 3.63) is 29.3 Å². The van der Waals surface area contributed by atoms with Crippen molar-refractivity contribution in [1.29, 1.82) is 0 Å². The van der Waals surface area contributed by atoms with Gasteiger partial charge in [0, 0.05) is 24.6 Å². The Balaban J connectivity index is 1.95. The summed E-state index contributed by atoms with van der Waals surface area (Å²) in [5.41, 5.74) is 14.5. The molecule has 0 radical (unpaired) electrons. The Hall–Kier alpha value is -1.88. The molecule has 1 atom stereocenters. The summed E-state index contributed by atoms with van der Waals surface area (Å²) in [6, 6.07) is 5.97. The van der Waals surface area contributed by atoms with Crippen molar-refractivity contribution in [2.24, 2.45) is 11.5 Å². The Morgan fingerprint density at radius 1 is 1.29 bits per heavy atom. The predicted octanol–water partition coefficient (Wildman–Crippen LogP) is 2.01. The van der Waals surface area contributed by atoms with E-state index in [4.69, 9.17) is 11.5 Å². The Kier molecular flexibility index (Phi) is 5.33. The SMILES string of the molecule is NC(=O)CCCCC(N)c1ccc2c(c1)CCCC(=O)N2.